The fraction of sp³-hybridized carbons (Fsp3) is 0.0714. The van der Waals surface area contributed by atoms with Gasteiger partial charge in [-0.2, -0.15) is 0 Å². The van der Waals surface area contributed by atoms with Gasteiger partial charge in [-0.25, -0.2) is 0 Å². The van der Waals surface area contributed by atoms with Crippen molar-refractivity contribution in [2.75, 3.05) is 5.75 Å². The van der Waals surface area contributed by atoms with Gasteiger partial charge in [0.05, 0.1) is 5.75 Å². The Morgan fingerprint density at radius 1 is 1.15 bits per heavy atom. The Morgan fingerprint density at radius 3 is 2.80 bits per heavy atom. The van der Waals surface area contributed by atoms with E-state index < -0.39 is 0 Å². The number of thioether (sulfide) groups is 1. The maximum absolute atomic E-state index is 12.2. The van der Waals surface area contributed by atoms with Gasteiger partial charge in [0.1, 0.15) is 0 Å². The third kappa shape index (κ3) is 2.62. The maximum Gasteiger partial charge on any atom is 0.196 e. The fourth-order valence-corrected chi connectivity index (χ4v) is 3.13. The minimum Gasteiger partial charge on any atom is -0.293 e. The second kappa shape index (κ2) is 5.76. The Balaban J connectivity index is 1.77. The molecule has 2 heterocycles. The Morgan fingerprint density at radius 2 is 1.95 bits per heavy atom. The van der Waals surface area contributed by atoms with Crippen LogP contribution < -0.4 is 0 Å². The molecule has 0 spiro atoms. The summed E-state index contributed by atoms with van der Waals surface area (Å²) in [5, 5.41) is 8.88. The number of halogens is 1. The number of rotatable bonds is 4. The van der Waals surface area contributed by atoms with Crippen molar-refractivity contribution >= 4 is 39.1 Å². The quantitative estimate of drug-likeness (QED) is 0.535. The van der Waals surface area contributed by atoms with Gasteiger partial charge in [0.25, 0.3) is 0 Å². The highest BCUT2D eigenvalue weighted by Gasteiger charge is 2.12. The van der Waals surface area contributed by atoms with E-state index in [0.717, 1.165) is 15.3 Å². The Kier molecular flexibility index (Phi) is 3.84. The van der Waals surface area contributed by atoms with Crippen molar-refractivity contribution in [3.8, 4) is 0 Å². The van der Waals surface area contributed by atoms with Crippen LogP contribution in [0.15, 0.2) is 58.3 Å². The summed E-state index contributed by atoms with van der Waals surface area (Å²) >= 11 is 4.78. The first kappa shape index (κ1) is 13.3. The van der Waals surface area contributed by atoms with E-state index in [1.807, 2.05) is 53.1 Å². The van der Waals surface area contributed by atoms with Gasteiger partial charge < -0.3 is 0 Å². The molecule has 0 saturated heterocycles. The predicted octanol–water partition coefficient (Wildman–Crippen LogP) is 3.47. The summed E-state index contributed by atoms with van der Waals surface area (Å²) < 4.78 is 2.69. The van der Waals surface area contributed by atoms with Crippen molar-refractivity contribution in [1.29, 1.82) is 0 Å². The molecule has 0 aliphatic heterocycles. The number of hydrogen-bond donors (Lipinski definition) is 0. The van der Waals surface area contributed by atoms with Crippen LogP contribution in [0.5, 0.6) is 0 Å². The minimum absolute atomic E-state index is 0.0650. The van der Waals surface area contributed by atoms with E-state index in [9.17, 15) is 4.79 Å². The Hall–Kier alpha value is -1.66. The molecule has 0 aliphatic carbocycles. The zero-order valence-electron chi connectivity index (χ0n) is 10.4. The van der Waals surface area contributed by atoms with E-state index in [2.05, 4.69) is 26.1 Å². The number of ketones is 1. The molecule has 0 bridgehead atoms. The number of carbonyl (C=O) groups excluding carboxylic acids is 1. The molecule has 0 unspecified atom stereocenters. The molecule has 0 radical (unpaired) electrons. The van der Waals surface area contributed by atoms with Gasteiger partial charge in [-0.1, -0.05) is 52.0 Å². The number of hydrogen-bond acceptors (Lipinski definition) is 4. The summed E-state index contributed by atoms with van der Waals surface area (Å²) in [6.07, 6.45) is 1.89. The molecule has 6 heteroatoms. The van der Waals surface area contributed by atoms with Crippen LogP contribution in [-0.2, 0) is 0 Å². The molecule has 3 rings (SSSR count). The lowest BCUT2D eigenvalue weighted by molar-refractivity contribution is 0.102. The number of fused-ring (bicyclic) bond motifs is 1. The van der Waals surface area contributed by atoms with Gasteiger partial charge in [0.2, 0.25) is 0 Å². The first-order chi connectivity index (χ1) is 9.75. The molecule has 20 heavy (non-hydrogen) atoms. The lowest BCUT2D eigenvalue weighted by Crippen LogP contribution is -2.03. The van der Waals surface area contributed by atoms with Gasteiger partial charge in [-0.3, -0.25) is 9.20 Å². The summed E-state index contributed by atoms with van der Waals surface area (Å²) in [5.74, 6) is 0.397. The molecule has 4 nitrogen and oxygen atoms in total. The number of benzene rings is 1. The normalized spacial score (nSPS) is 10.8. The largest absolute Gasteiger partial charge is 0.293 e. The van der Waals surface area contributed by atoms with Crippen LogP contribution in [0.3, 0.4) is 0 Å². The molecule has 0 fully saturated rings. The van der Waals surface area contributed by atoms with Crippen molar-refractivity contribution in [3.63, 3.8) is 0 Å². The molecule has 3 aromatic rings. The summed E-state index contributed by atoms with van der Waals surface area (Å²) in [6.45, 7) is 0. The first-order valence-electron chi connectivity index (χ1n) is 5.96. The zero-order chi connectivity index (χ0) is 13.9. The summed E-state index contributed by atoms with van der Waals surface area (Å²) in [6, 6.07) is 13.1. The average molecular weight is 348 g/mol. The Labute approximate surface area is 128 Å². The predicted molar refractivity (Wildman–Crippen MR) is 82.2 cm³/mol. The standard InChI is InChI=1S/C14H10BrN3OS/c15-11-6-2-1-5-10(11)12(19)9-20-14-17-16-13-7-3-4-8-18(13)14/h1-8H,9H2. The van der Waals surface area contributed by atoms with Crippen LogP contribution in [0.4, 0.5) is 0 Å². The molecule has 0 amide bonds. The molecule has 0 aliphatic rings. The molecule has 0 N–H and O–H groups in total. The highest BCUT2D eigenvalue weighted by molar-refractivity contribution is 9.10. The van der Waals surface area contributed by atoms with E-state index in [0.29, 0.717) is 11.3 Å². The number of nitrogens with zero attached hydrogens (tertiary/aromatic N) is 3. The first-order valence-corrected chi connectivity index (χ1v) is 7.74. The number of Topliss-reactive ketones (excluding diaryl/α,β-unsaturated/α-hetero) is 1. The molecular formula is C14H10BrN3OS. The van der Waals surface area contributed by atoms with Gasteiger partial charge >= 0.3 is 0 Å². The molecular weight excluding hydrogens is 338 g/mol. The minimum atomic E-state index is 0.0650. The van der Waals surface area contributed by atoms with Crippen molar-refractivity contribution in [2.45, 2.75) is 5.16 Å². The van der Waals surface area contributed by atoms with Crippen molar-refractivity contribution in [1.82, 2.24) is 14.6 Å². The van der Waals surface area contributed by atoms with E-state index in [-0.39, 0.29) is 5.78 Å². The second-order valence-corrected chi connectivity index (χ2v) is 5.90. The summed E-state index contributed by atoms with van der Waals surface area (Å²) in [7, 11) is 0. The van der Waals surface area contributed by atoms with Crippen molar-refractivity contribution in [2.24, 2.45) is 0 Å². The fourth-order valence-electron chi connectivity index (χ4n) is 1.81. The lowest BCUT2D eigenvalue weighted by Gasteiger charge is -2.02. The number of pyridine rings is 1. The van der Waals surface area contributed by atoms with E-state index in [4.69, 9.17) is 0 Å². The van der Waals surface area contributed by atoms with Gasteiger partial charge in [-0.05, 0) is 18.2 Å². The topological polar surface area (TPSA) is 47.3 Å². The van der Waals surface area contributed by atoms with Crippen LogP contribution in [-0.4, -0.2) is 26.1 Å². The van der Waals surface area contributed by atoms with Crippen LogP contribution in [0.25, 0.3) is 5.65 Å². The van der Waals surface area contributed by atoms with Gasteiger partial charge in [0.15, 0.2) is 16.6 Å². The molecule has 0 saturated carbocycles. The van der Waals surface area contributed by atoms with Gasteiger partial charge in [0, 0.05) is 16.2 Å². The van der Waals surface area contributed by atoms with Crippen LogP contribution in [0.2, 0.25) is 0 Å². The third-order valence-corrected chi connectivity index (χ3v) is 4.42. The summed E-state index contributed by atoms with van der Waals surface area (Å²) in [4.78, 5) is 12.2. The zero-order valence-corrected chi connectivity index (χ0v) is 12.8. The molecule has 2 aromatic heterocycles. The van der Waals surface area contributed by atoms with E-state index in [1.54, 1.807) is 0 Å². The third-order valence-electron chi connectivity index (χ3n) is 2.79. The molecule has 1 aromatic carbocycles. The monoisotopic (exact) mass is 347 g/mol. The number of aromatic nitrogens is 3. The highest BCUT2D eigenvalue weighted by Crippen LogP contribution is 2.21. The molecule has 100 valence electrons. The maximum atomic E-state index is 12.2. The number of carbonyl (C=O) groups is 1. The highest BCUT2D eigenvalue weighted by atomic mass is 79.9. The van der Waals surface area contributed by atoms with Crippen LogP contribution in [0, 0.1) is 0 Å². The lowest BCUT2D eigenvalue weighted by atomic mass is 10.1. The second-order valence-electron chi connectivity index (χ2n) is 4.10. The van der Waals surface area contributed by atoms with Crippen molar-refractivity contribution in [3.05, 3.63) is 58.7 Å². The average Bonchev–Trinajstić information content (AvgIpc) is 2.88. The van der Waals surface area contributed by atoms with Crippen LogP contribution >= 0.6 is 27.7 Å². The van der Waals surface area contributed by atoms with E-state index >= 15 is 0 Å². The van der Waals surface area contributed by atoms with E-state index in [1.165, 1.54) is 11.8 Å². The van der Waals surface area contributed by atoms with Crippen molar-refractivity contribution < 1.29 is 4.79 Å². The van der Waals surface area contributed by atoms with Crippen LogP contribution in [0.1, 0.15) is 10.4 Å². The summed E-state index contributed by atoms with van der Waals surface area (Å²) in [5.41, 5.74) is 1.47. The molecule has 0 atom stereocenters. The SMILES string of the molecule is O=C(CSc1nnc2ccccn12)c1ccccc1Br. The Bertz CT molecular complexity index is 772. The van der Waals surface area contributed by atoms with Gasteiger partial charge in [-0.15, -0.1) is 10.2 Å². The smallest absolute Gasteiger partial charge is 0.196 e.